The summed E-state index contributed by atoms with van der Waals surface area (Å²) in [6.45, 7) is 16.3. The zero-order valence-electron chi connectivity index (χ0n) is 24.7. The number of esters is 1. The molecule has 7 nitrogen and oxygen atoms in total. The van der Waals surface area contributed by atoms with E-state index < -0.39 is 34.8 Å². The summed E-state index contributed by atoms with van der Waals surface area (Å²) < 4.78 is 17.2. The summed E-state index contributed by atoms with van der Waals surface area (Å²) in [5.74, 6) is -1.07. The smallest absolute Gasteiger partial charge is 0.330 e. The Bertz CT molecular complexity index is 1200. The maximum Gasteiger partial charge on any atom is 0.330 e. The highest BCUT2D eigenvalue weighted by atomic mass is 16.6. The van der Waals surface area contributed by atoms with Gasteiger partial charge in [-0.25, -0.2) is 4.79 Å². The van der Waals surface area contributed by atoms with Crippen LogP contribution >= 0.6 is 0 Å². The zero-order chi connectivity index (χ0) is 29.5. The van der Waals surface area contributed by atoms with Crippen LogP contribution in [0.1, 0.15) is 99.1 Å². The van der Waals surface area contributed by atoms with Crippen molar-refractivity contribution in [3.8, 4) is 5.75 Å². The van der Waals surface area contributed by atoms with E-state index >= 15 is 0 Å². The van der Waals surface area contributed by atoms with Crippen LogP contribution in [0.3, 0.4) is 0 Å². The first kappa shape index (κ1) is 31.1. The van der Waals surface area contributed by atoms with E-state index in [1.807, 2.05) is 39.0 Å². The zero-order valence-corrected chi connectivity index (χ0v) is 24.7. The molecule has 2 aromatic rings. The fourth-order valence-corrected chi connectivity index (χ4v) is 4.56. The van der Waals surface area contributed by atoms with Crippen molar-refractivity contribution < 1.29 is 28.6 Å². The Morgan fingerprint density at radius 3 is 2.10 bits per heavy atom. The van der Waals surface area contributed by atoms with Crippen LogP contribution < -0.4 is 4.74 Å². The predicted molar refractivity (Wildman–Crippen MR) is 156 cm³/mol. The van der Waals surface area contributed by atoms with Gasteiger partial charge in [0.2, 0.25) is 0 Å². The molecule has 7 heteroatoms. The fraction of sp³-hybridized carbons (Fsp3) is 0.485. The molecule has 1 aliphatic rings. The van der Waals surface area contributed by atoms with Gasteiger partial charge in [0.25, 0.3) is 11.8 Å². The summed E-state index contributed by atoms with van der Waals surface area (Å²) in [7, 11) is 0. The Hall–Kier alpha value is -3.45. The highest BCUT2D eigenvalue weighted by molar-refractivity contribution is 6.23. The molecule has 2 aromatic carbocycles. The maximum absolute atomic E-state index is 13.4. The van der Waals surface area contributed by atoms with Gasteiger partial charge in [0, 0.05) is 6.61 Å². The molecule has 1 aliphatic heterocycles. The van der Waals surface area contributed by atoms with E-state index in [4.69, 9.17) is 14.2 Å². The van der Waals surface area contributed by atoms with Gasteiger partial charge in [0.15, 0.2) is 0 Å². The Morgan fingerprint density at radius 2 is 1.50 bits per heavy atom. The van der Waals surface area contributed by atoms with Crippen molar-refractivity contribution in [1.82, 2.24) is 4.90 Å². The lowest BCUT2D eigenvalue weighted by molar-refractivity contribution is -0.163. The lowest BCUT2D eigenvalue weighted by atomic mass is 9.85. The van der Waals surface area contributed by atoms with Crippen LogP contribution in [0.15, 0.2) is 49.0 Å². The van der Waals surface area contributed by atoms with Gasteiger partial charge in [0.1, 0.15) is 17.4 Å². The number of hydrogen-bond acceptors (Lipinski definition) is 6. The molecule has 0 saturated heterocycles. The quantitative estimate of drug-likeness (QED) is 0.155. The number of hydrogen-bond donors (Lipinski definition) is 0. The Morgan fingerprint density at radius 1 is 0.875 bits per heavy atom. The van der Waals surface area contributed by atoms with Crippen molar-refractivity contribution >= 4 is 23.9 Å². The summed E-state index contributed by atoms with van der Waals surface area (Å²) in [6, 6.07) is 12.0. The monoisotopic (exact) mass is 549 g/mol. The Labute approximate surface area is 238 Å². The van der Waals surface area contributed by atoms with E-state index in [-0.39, 0.29) is 11.1 Å². The number of fused-ring (bicyclic) bond motifs is 1. The summed E-state index contributed by atoms with van der Waals surface area (Å²) in [6.07, 6.45) is 5.69. The highest BCUT2D eigenvalue weighted by Gasteiger charge is 2.49. The molecule has 0 aliphatic carbocycles. The number of rotatable bonds is 13. The average Bonchev–Trinajstić information content (AvgIpc) is 3.11. The molecule has 0 unspecified atom stereocenters. The standard InChI is InChI=1S/C33H43NO6/c1-8-23-13-15-24(16-14-23)22-38-19-11-9-10-12-20-39-25-17-18-26-27(21-25)30(36)34(29(26)35)28(32(2,3)4)31(37)40-33(5,6)7/h8,13-18,21,28H,1,9-12,19-20,22H2,2-7H3/t28-/m1/s1. The normalized spacial score (nSPS) is 14.2. The molecule has 40 heavy (non-hydrogen) atoms. The van der Waals surface area contributed by atoms with Crippen molar-refractivity contribution in [1.29, 1.82) is 0 Å². The summed E-state index contributed by atoms with van der Waals surface area (Å²) in [5, 5.41) is 0. The van der Waals surface area contributed by atoms with Crippen LogP contribution in [-0.4, -0.2) is 47.5 Å². The fourth-order valence-electron chi connectivity index (χ4n) is 4.56. The third-order valence-electron chi connectivity index (χ3n) is 6.53. The van der Waals surface area contributed by atoms with Crippen LogP contribution in [0.25, 0.3) is 6.08 Å². The molecule has 2 amide bonds. The van der Waals surface area contributed by atoms with Crippen LogP contribution in [0.4, 0.5) is 0 Å². The van der Waals surface area contributed by atoms with E-state index in [9.17, 15) is 14.4 Å². The maximum atomic E-state index is 13.4. The van der Waals surface area contributed by atoms with Crippen LogP contribution in [0.2, 0.25) is 0 Å². The van der Waals surface area contributed by atoms with Crippen molar-refractivity contribution in [2.24, 2.45) is 5.41 Å². The minimum atomic E-state index is -1.05. The van der Waals surface area contributed by atoms with Gasteiger partial charge in [-0.3, -0.25) is 14.5 Å². The van der Waals surface area contributed by atoms with Gasteiger partial charge >= 0.3 is 5.97 Å². The first-order valence-corrected chi connectivity index (χ1v) is 14.0. The van der Waals surface area contributed by atoms with E-state index in [1.54, 1.807) is 39.0 Å². The predicted octanol–water partition coefficient (Wildman–Crippen LogP) is 6.84. The first-order valence-electron chi connectivity index (χ1n) is 14.0. The Kier molecular flexibility index (Phi) is 10.3. The average molecular weight is 550 g/mol. The Balaban J connectivity index is 1.46. The molecule has 0 fully saturated rings. The molecule has 0 N–H and O–H groups in total. The van der Waals surface area contributed by atoms with E-state index in [0.717, 1.165) is 41.7 Å². The molecule has 1 heterocycles. The number of carbonyl (C=O) groups excluding carboxylic acids is 3. The topological polar surface area (TPSA) is 82.1 Å². The molecule has 0 aromatic heterocycles. The minimum absolute atomic E-state index is 0.247. The molecule has 1 atom stereocenters. The second-order valence-corrected chi connectivity index (χ2v) is 12.3. The van der Waals surface area contributed by atoms with Gasteiger partial charge < -0.3 is 14.2 Å². The third-order valence-corrected chi connectivity index (χ3v) is 6.53. The summed E-state index contributed by atoms with van der Waals surface area (Å²) in [5.41, 5.74) is 1.31. The largest absolute Gasteiger partial charge is 0.494 e. The molecule has 0 saturated carbocycles. The van der Waals surface area contributed by atoms with Crippen molar-refractivity contribution in [2.75, 3.05) is 13.2 Å². The van der Waals surface area contributed by atoms with Crippen molar-refractivity contribution in [2.45, 2.75) is 85.5 Å². The number of ether oxygens (including phenoxy) is 3. The van der Waals surface area contributed by atoms with Crippen molar-refractivity contribution in [3.05, 3.63) is 71.3 Å². The second-order valence-electron chi connectivity index (χ2n) is 12.3. The lowest BCUT2D eigenvalue weighted by Crippen LogP contribution is -2.53. The number of carbonyl (C=O) groups is 3. The summed E-state index contributed by atoms with van der Waals surface area (Å²) in [4.78, 5) is 40.7. The van der Waals surface area contributed by atoms with Crippen LogP contribution in [0, 0.1) is 5.41 Å². The van der Waals surface area contributed by atoms with E-state index in [2.05, 4.69) is 18.7 Å². The third kappa shape index (κ3) is 8.28. The minimum Gasteiger partial charge on any atom is -0.494 e. The molecule has 216 valence electrons. The van der Waals surface area contributed by atoms with Crippen molar-refractivity contribution in [3.63, 3.8) is 0 Å². The van der Waals surface area contributed by atoms with Gasteiger partial charge in [-0.1, -0.05) is 64.1 Å². The molecule has 0 spiro atoms. The summed E-state index contributed by atoms with van der Waals surface area (Å²) >= 11 is 0. The highest BCUT2D eigenvalue weighted by Crippen LogP contribution is 2.35. The molecular formula is C33H43NO6. The number of nitrogens with zero attached hydrogens (tertiary/aromatic N) is 1. The molecule has 0 bridgehead atoms. The van der Waals surface area contributed by atoms with E-state index in [1.165, 1.54) is 0 Å². The van der Waals surface area contributed by atoms with Gasteiger partial charge in [-0.15, -0.1) is 0 Å². The second kappa shape index (κ2) is 13.3. The molecule has 0 radical (unpaired) electrons. The van der Waals surface area contributed by atoms with Gasteiger partial charge in [-0.2, -0.15) is 0 Å². The van der Waals surface area contributed by atoms with Gasteiger partial charge in [-0.05, 0) is 74.8 Å². The van der Waals surface area contributed by atoms with E-state index in [0.29, 0.717) is 25.6 Å². The van der Waals surface area contributed by atoms with Gasteiger partial charge in [0.05, 0.1) is 24.3 Å². The number of benzene rings is 2. The van der Waals surface area contributed by atoms with Crippen LogP contribution in [-0.2, 0) is 20.9 Å². The number of imide groups is 1. The molecular weight excluding hydrogens is 506 g/mol. The number of amides is 2. The SMILES string of the molecule is C=Cc1ccc(COCCCCCCOc2ccc3c(c2)C(=O)N([C@H](C(=O)OC(C)(C)C)C(C)(C)C)C3=O)cc1. The first-order chi connectivity index (χ1) is 18.8. The number of unbranched alkanes of at least 4 members (excludes halogenated alkanes) is 3. The molecule has 3 rings (SSSR count). The van der Waals surface area contributed by atoms with Crippen LogP contribution in [0.5, 0.6) is 5.75 Å². The lowest BCUT2D eigenvalue weighted by Gasteiger charge is -2.36.